The monoisotopic (exact) mass is 885 g/mol. The summed E-state index contributed by atoms with van der Waals surface area (Å²) >= 11 is 0. The number of unbranched alkanes of at least 4 members (excludes halogenated alkanes) is 1. The van der Waals surface area contributed by atoms with Crippen LogP contribution >= 0.6 is 0 Å². The molecule has 1 aromatic carbocycles. The fraction of sp³-hybridized carbons (Fsp3) is 0.783. The van der Waals surface area contributed by atoms with E-state index >= 15 is 0 Å². The Morgan fingerprint density at radius 3 is 1.92 bits per heavy atom. The summed E-state index contributed by atoms with van der Waals surface area (Å²) in [7, 11) is -6.32. The Hall–Kier alpha value is -1.30. The number of hydrogen-bond donors (Lipinski definition) is 0. The summed E-state index contributed by atoms with van der Waals surface area (Å²) in [6.45, 7) is 28.9. The van der Waals surface area contributed by atoms with E-state index in [1.165, 1.54) is 6.07 Å². The number of fused-ring (bicyclic) bond motifs is 3. The van der Waals surface area contributed by atoms with Crippen LogP contribution in [0.3, 0.4) is 0 Å². The zero-order valence-corrected chi connectivity index (χ0v) is 41.6. The zero-order valence-electron chi connectivity index (χ0n) is 38.6. The highest BCUT2D eigenvalue weighted by atomic mass is 28.4. The predicted molar refractivity (Wildman–Crippen MR) is 240 cm³/mol. The van der Waals surface area contributed by atoms with E-state index < -0.39 is 48.8 Å². The Balaban J connectivity index is 1.66. The van der Waals surface area contributed by atoms with Crippen molar-refractivity contribution in [3.8, 4) is 5.75 Å². The highest BCUT2D eigenvalue weighted by Crippen LogP contribution is 2.46. The first kappa shape index (κ1) is 50.3. The molecule has 4 aliphatic rings. The molecule has 3 aliphatic heterocycles. The molecule has 3 heterocycles. The third kappa shape index (κ3) is 13.1. The minimum absolute atomic E-state index is 0.00910. The van der Waals surface area contributed by atoms with E-state index in [1.54, 1.807) is 6.07 Å². The molecule has 338 valence electrons. The second kappa shape index (κ2) is 20.9. The van der Waals surface area contributed by atoms with Crippen molar-refractivity contribution < 1.29 is 45.4 Å². The second-order valence-electron chi connectivity index (χ2n) is 19.4. The van der Waals surface area contributed by atoms with Gasteiger partial charge in [0.05, 0.1) is 43.7 Å². The van der Waals surface area contributed by atoms with Gasteiger partial charge in [-0.2, -0.15) is 13.2 Å². The number of rotatable bonds is 23. The molecule has 0 amide bonds. The van der Waals surface area contributed by atoms with Crippen molar-refractivity contribution >= 4 is 25.0 Å². The Morgan fingerprint density at radius 1 is 0.831 bits per heavy atom. The van der Waals surface area contributed by atoms with Crippen LogP contribution in [-0.2, 0) is 33.7 Å². The largest absolute Gasteiger partial charge is 0.491 e. The van der Waals surface area contributed by atoms with Crippen molar-refractivity contribution in [1.82, 2.24) is 0 Å². The number of benzene rings is 1. The molecule has 0 unspecified atom stereocenters. The van der Waals surface area contributed by atoms with E-state index in [0.717, 1.165) is 74.1 Å². The summed E-state index contributed by atoms with van der Waals surface area (Å²) in [5, 5.41) is -0.0812. The molecule has 13 heteroatoms. The van der Waals surface area contributed by atoms with Gasteiger partial charge in [-0.1, -0.05) is 99.6 Å². The number of alkyl halides is 3. The predicted octanol–water partition coefficient (Wildman–Crippen LogP) is 13.3. The van der Waals surface area contributed by atoms with Crippen molar-refractivity contribution in [3.63, 3.8) is 0 Å². The molecule has 0 spiro atoms. The van der Waals surface area contributed by atoms with E-state index in [0.29, 0.717) is 26.2 Å². The lowest BCUT2D eigenvalue weighted by Crippen LogP contribution is -2.58. The summed E-state index contributed by atoms with van der Waals surface area (Å²) in [6.07, 6.45) is 8.34. The quantitative estimate of drug-likeness (QED) is 0.0616. The average molecular weight is 885 g/mol. The minimum Gasteiger partial charge on any atom is -0.491 e. The van der Waals surface area contributed by atoms with Crippen molar-refractivity contribution in [2.45, 2.75) is 186 Å². The van der Waals surface area contributed by atoms with Crippen molar-refractivity contribution in [2.75, 3.05) is 26.4 Å². The van der Waals surface area contributed by atoms with Crippen LogP contribution in [-0.4, -0.2) is 75.7 Å². The second-order valence-corrected chi connectivity index (χ2v) is 33.6. The lowest BCUT2D eigenvalue weighted by molar-refractivity contribution is -0.467. The molecule has 3 saturated heterocycles. The van der Waals surface area contributed by atoms with Gasteiger partial charge >= 0.3 is 6.18 Å². The summed E-state index contributed by atoms with van der Waals surface area (Å²) in [6, 6.07) is 11.5. The molecular weight excluding hydrogens is 806 g/mol. The van der Waals surface area contributed by atoms with E-state index in [2.05, 4.69) is 107 Å². The molecule has 4 fully saturated rings. The lowest BCUT2D eigenvalue weighted by Gasteiger charge is -2.50. The van der Waals surface area contributed by atoms with Crippen LogP contribution in [0.2, 0.25) is 54.4 Å². The topological polar surface area (TPSA) is 64.6 Å². The van der Waals surface area contributed by atoms with Crippen LogP contribution in [0.25, 0.3) is 0 Å². The molecule has 0 N–H and O–H groups in total. The fourth-order valence-electron chi connectivity index (χ4n) is 8.57. The Kier molecular flexibility index (Phi) is 17.9. The van der Waals surface area contributed by atoms with Crippen LogP contribution < -0.4 is 4.74 Å². The molecule has 1 aliphatic carbocycles. The smallest absolute Gasteiger partial charge is 0.416 e. The van der Waals surface area contributed by atoms with Crippen LogP contribution in [0.15, 0.2) is 48.6 Å². The van der Waals surface area contributed by atoms with Crippen LogP contribution in [0, 0.1) is 17.3 Å². The molecule has 5 rings (SSSR count). The molecule has 5 atom stereocenters. The van der Waals surface area contributed by atoms with E-state index in [-0.39, 0.29) is 46.9 Å². The highest BCUT2D eigenvalue weighted by molar-refractivity contribution is 6.74. The SMILES string of the molecule is CC[Si](CC)(CC)O[C@@H]1C[C@@H](O[Si](CC)(CC)CC)[C@H](C/C=C\CCCC23OCC(C)(CO2)CO3)[C@@H]1C=C[C@H](COc1cccc(C(F)(F)F)c1)O[Si](C)(C)C(C)(C)C. The lowest BCUT2D eigenvalue weighted by atomic mass is 9.89. The first-order valence-corrected chi connectivity index (χ1v) is 30.7. The molecule has 1 aromatic rings. The number of halogens is 3. The summed E-state index contributed by atoms with van der Waals surface area (Å²) in [5.41, 5.74) is -0.784. The summed E-state index contributed by atoms with van der Waals surface area (Å²) in [5.74, 6) is -0.491. The van der Waals surface area contributed by atoms with Gasteiger partial charge in [-0.15, -0.1) is 0 Å². The summed E-state index contributed by atoms with van der Waals surface area (Å²) in [4.78, 5) is 0. The molecule has 1 saturated carbocycles. The fourth-order valence-corrected chi connectivity index (χ4v) is 15.6. The number of allylic oxidation sites excluding steroid dienone is 2. The maximum atomic E-state index is 13.6. The standard InChI is InChI=1S/C46H79F3O7Si3/c1-13-58(14-2,15-3)55-41-31-42(56-59(16-4,17-5)18-6)40(39(41)26-21-19-20-22-29-45-51-33-44(10,34-52-45)35-53-45)28-27-38(54-57(11,12)43(7,8)9)32-50-37-25-23-24-36(30-37)46(47,48)49/h19,21,23-25,27-28,30,38-42H,13-18,20,22,26,29,31-35H2,1-12H3/b21-19-,28-27?/t38-,39-,40+,41-,42-,44?,45?/m1/s1. The molecular formula is C46H79F3O7Si3. The number of hydrogen-bond acceptors (Lipinski definition) is 7. The first-order valence-electron chi connectivity index (χ1n) is 22.7. The van der Waals surface area contributed by atoms with Gasteiger partial charge in [-0.3, -0.25) is 0 Å². The Labute approximate surface area is 358 Å². The maximum absolute atomic E-state index is 13.6. The molecule has 0 radical (unpaired) electrons. The van der Waals surface area contributed by atoms with Crippen molar-refractivity contribution in [3.05, 3.63) is 54.1 Å². The molecule has 59 heavy (non-hydrogen) atoms. The highest BCUT2D eigenvalue weighted by Gasteiger charge is 2.51. The Morgan fingerprint density at radius 2 is 1.39 bits per heavy atom. The van der Waals surface area contributed by atoms with Crippen LogP contribution in [0.4, 0.5) is 13.2 Å². The van der Waals surface area contributed by atoms with Gasteiger partial charge in [0.1, 0.15) is 12.4 Å². The van der Waals surface area contributed by atoms with Crippen molar-refractivity contribution in [2.24, 2.45) is 17.3 Å². The van der Waals surface area contributed by atoms with Crippen LogP contribution in [0.5, 0.6) is 5.75 Å². The van der Waals surface area contributed by atoms with Gasteiger partial charge in [0.25, 0.3) is 5.97 Å². The third-order valence-electron chi connectivity index (χ3n) is 14.3. The molecule has 0 aromatic heterocycles. The first-order chi connectivity index (χ1) is 27.7. The van der Waals surface area contributed by atoms with E-state index in [1.807, 2.05) is 0 Å². The molecule has 2 bridgehead atoms. The zero-order chi connectivity index (χ0) is 43.8. The maximum Gasteiger partial charge on any atom is 0.416 e. The van der Waals surface area contributed by atoms with E-state index in [9.17, 15) is 13.2 Å². The summed E-state index contributed by atoms with van der Waals surface area (Å²) < 4.78 is 87.0. The normalized spacial score (nSPS) is 27.6. The van der Waals surface area contributed by atoms with Crippen molar-refractivity contribution in [1.29, 1.82) is 0 Å². The average Bonchev–Trinajstić information content (AvgIpc) is 3.52. The van der Waals surface area contributed by atoms with E-state index in [4.69, 9.17) is 32.2 Å². The Bertz CT molecular complexity index is 1460. The third-order valence-corrected chi connectivity index (χ3v) is 28.1. The van der Waals surface area contributed by atoms with Gasteiger partial charge in [0.2, 0.25) is 0 Å². The minimum atomic E-state index is -4.46. The van der Waals surface area contributed by atoms with Gasteiger partial charge in [-0.05, 0) is 104 Å². The van der Waals surface area contributed by atoms with Gasteiger partial charge in [0, 0.05) is 17.8 Å². The number of ether oxygens (including phenoxy) is 4. The van der Waals surface area contributed by atoms with Gasteiger partial charge in [0.15, 0.2) is 25.0 Å². The molecule has 7 nitrogen and oxygen atoms in total. The van der Waals surface area contributed by atoms with Crippen LogP contribution in [0.1, 0.15) is 107 Å². The van der Waals surface area contributed by atoms with Gasteiger partial charge in [-0.25, -0.2) is 0 Å². The van der Waals surface area contributed by atoms with Gasteiger partial charge < -0.3 is 32.2 Å².